The molecule has 4 nitrogen and oxygen atoms in total. The summed E-state index contributed by atoms with van der Waals surface area (Å²) in [7, 11) is 1.45. The van der Waals surface area contributed by atoms with Crippen LogP contribution in [0.3, 0.4) is 0 Å². The van der Waals surface area contributed by atoms with E-state index >= 15 is 0 Å². The fourth-order valence-electron chi connectivity index (χ4n) is 3.74. The SMILES string of the molecule is C=CCN(CC=C)C1(C(=O)OC)CCCC2=C(C=CC(O)C2)C1.Cl. The smallest absolute Gasteiger partial charge is 0.326 e. The van der Waals surface area contributed by atoms with Crippen molar-refractivity contribution in [2.75, 3.05) is 20.2 Å². The largest absolute Gasteiger partial charge is 0.468 e. The Bertz CT molecular complexity index is 531. The van der Waals surface area contributed by atoms with E-state index in [1.165, 1.54) is 12.7 Å². The fourth-order valence-corrected chi connectivity index (χ4v) is 3.74. The third-order valence-corrected chi connectivity index (χ3v) is 4.85. The van der Waals surface area contributed by atoms with Gasteiger partial charge in [0.1, 0.15) is 5.54 Å². The predicted molar refractivity (Wildman–Crippen MR) is 99.2 cm³/mol. The minimum Gasteiger partial charge on any atom is -0.468 e. The Morgan fingerprint density at radius 1 is 1.46 bits per heavy atom. The predicted octanol–water partition coefficient (Wildman–Crippen LogP) is 3.19. The quantitative estimate of drug-likeness (QED) is 0.588. The number of carbonyl (C=O) groups excluding carboxylic acids is 1. The lowest BCUT2D eigenvalue weighted by atomic mass is 9.84. The molecular weight excluding hydrogens is 326 g/mol. The van der Waals surface area contributed by atoms with Crippen LogP contribution in [-0.4, -0.2) is 47.8 Å². The van der Waals surface area contributed by atoms with Gasteiger partial charge in [-0.2, -0.15) is 0 Å². The van der Waals surface area contributed by atoms with Crippen LogP contribution >= 0.6 is 12.4 Å². The lowest BCUT2D eigenvalue weighted by molar-refractivity contribution is -0.155. The van der Waals surface area contributed by atoms with Gasteiger partial charge in [0.15, 0.2) is 0 Å². The first-order chi connectivity index (χ1) is 11.1. The van der Waals surface area contributed by atoms with Gasteiger partial charge in [-0.05, 0) is 31.3 Å². The Balaban J connectivity index is 0.00000288. The number of rotatable bonds is 6. The minimum absolute atomic E-state index is 0. The van der Waals surface area contributed by atoms with Crippen LogP contribution in [-0.2, 0) is 9.53 Å². The van der Waals surface area contributed by atoms with Crippen LogP contribution < -0.4 is 0 Å². The maximum atomic E-state index is 12.7. The van der Waals surface area contributed by atoms with Crippen molar-refractivity contribution in [2.24, 2.45) is 0 Å². The Morgan fingerprint density at radius 3 is 2.71 bits per heavy atom. The van der Waals surface area contributed by atoms with E-state index in [9.17, 15) is 9.90 Å². The number of hydrogen-bond donors (Lipinski definition) is 1. The number of methoxy groups -OCH3 is 1. The number of allylic oxidation sites excluding steroid dienone is 1. The van der Waals surface area contributed by atoms with Crippen molar-refractivity contribution in [3.63, 3.8) is 0 Å². The Kier molecular flexibility index (Phi) is 7.94. The Hall–Kier alpha value is -1.36. The minimum atomic E-state index is -0.694. The zero-order chi connectivity index (χ0) is 16.9. The molecule has 0 radical (unpaired) electrons. The number of esters is 1. The van der Waals surface area contributed by atoms with Gasteiger partial charge in [0, 0.05) is 19.5 Å². The molecule has 2 aliphatic rings. The zero-order valence-electron chi connectivity index (χ0n) is 14.4. The first kappa shape index (κ1) is 20.7. The van der Waals surface area contributed by atoms with Gasteiger partial charge in [-0.25, -0.2) is 0 Å². The molecule has 0 saturated heterocycles. The first-order valence-electron chi connectivity index (χ1n) is 8.20. The first-order valence-corrected chi connectivity index (χ1v) is 8.20. The number of hydrogen-bond acceptors (Lipinski definition) is 4. The van der Waals surface area contributed by atoms with Gasteiger partial charge < -0.3 is 9.84 Å². The molecule has 24 heavy (non-hydrogen) atoms. The van der Waals surface area contributed by atoms with E-state index < -0.39 is 11.6 Å². The van der Waals surface area contributed by atoms with Gasteiger partial charge in [-0.1, -0.05) is 29.9 Å². The fraction of sp³-hybridized carbons (Fsp3) is 0.526. The van der Waals surface area contributed by atoms with Crippen molar-refractivity contribution >= 4 is 18.4 Å². The monoisotopic (exact) mass is 353 g/mol. The van der Waals surface area contributed by atoms with Gasteiger partial charge >= 0.3 is 5.97 Å². The highest BCUT2D eigenvalue weighted by atomic mass is 35.5. The van der Waals surface area contributed by atoms with E-state index in [4.69, 9.17) is 4.74 Å². The van der Waals surface area contributed by atoms with E-state index in [0.717, 1.165) is 24.8 Å². The van der Waals surface area contributed by atoms with Crippen LogP contribution in [0.25, 0.3) is 0 Å². The van der Waals surface area contributed by atoms with E-state index in [2.05, 4.69) is 18.1 Å². The molecule has 0 aromatic carbocycles. The summed E-state index contributed by atoms with van der Waals surface area (Å²) in [5.74, 6) is -0.200. The molecule has 0 saturated carbocycles. The summed E-state index contributed by atoms with van der Waals surface area (Å²) in [4.78, 5) is 14.8. The molecule has 2 aliphatic carbocycles. The number of halogens is 1. The highest BCUT2D eigenvalue weighted by Gasteiger charge is 2.46. The summed E-state index contributed by atoms with van der Waals surface area (Å²) in [6.07, 6.45) is 10.9. The molecule has 0 bridgehead atoms. The summed E-state index contributed by atoms with van der Waals surface area (Å²) in [5.41, 5.74) is 1.74. The molecule has 0 aromatic heterocycles. The third-order valence-electron chi connectivity index (χ3n) is 4.85. The maximum Gasteiger partial charge on any atom is 0.326 e. The molecule has 0 heterocycles. The normalized spacial score (nSPS) is 26.2. The Morgan fingerprint density at radius 2 is 2.12 bits per heavy atom. The van der Waals surface area contributed by atoms with E-state index in [-0.39, 0.29) is 18.4 Å². The second-order valence-electron chi connectivity index (χ2n) is 6.30. The van der Waals surface area contributed by atoms with E-state index in [1.807, 2.05) is 24.3 Å². The van der Waals surface area contributed by atoms with Crippen LogP contribution in [0.2, 0.25) is 0 Å². The van der Waals surface area contributed by atoms with Crippen molar-refractivity contribution in [3.05, 3.63) is 48.6 Å². The average Bonchev–Trinajstić information content (AvgIpc) is 2.73. The van der Waals surface area contributed by atoms with Crippen LogP contribution in [0.4, 0.5) is 0 Å². The molecule has 0 aliphatic heterocycles. The molecule has 2 atom stereocenters. The van der Waals surface area contributed by atoms with Crippen molar-refractivity contribution in [1.82, 2.24) is 4.90 Å². The van der Waals surface area contributed by atoms with Crippen molar-refractivity contribution in [3.8, 4) is 0 Å². The van der Waals surface area contributed by atoms with Crippen molar-refractivity contribution < 1.29 is 14.6 Å². The molecule has 5 heteroatoms. The molecule has 0 fully saturated rings. The molecular formula is C19H28ClNO3. The summed E-state index contributed by atoms with van der Waals surface area (Å²) >= 11 is 0. The molecule has 1 N–H and O–H groups in total. The van der Waals surface area contributed by atoms with Crippen molar-refractivity contribution in [2.45, 2.75) is 43.7 Å². The molecule has 0 spiro atoms. The number of aliphatic hydroxyl groups excluding tert-OH is 1. The third kappa shape index (κ3) is 4.18. The van der Waals surface area contributed by atoms with Crippen LogP contribution in [0.5, 0.6) is 0 Å². The molecule has 134 valence electrons. The van der Waals surface area contributed by atoms with E-state index in [0.29, 0.717) is 25.9 Å². The molecule has 2 unspecified atom stereocenters. The number of nitrogens with zero attached hydrogens (tertiary/aromatic N) is 1. The lowest BCUT2D eigenvalue weighted by Gasteiger charge is -2.40. The Labute approximate surface area is 151 Å². The molecule has 0 amide bonds. The summed E-state index contributed by atoms with van der Waals surface area (Å²) < 4.78 is 5.18. The second kappa shape index (κ2) is 9.21. The topological polar surface area (TPSA) is 49.8 Å². The molecule has 2 rings (SSSR count). The highest BCUT2D eigenvalue weighted by molar-refractivity contribution is 5.85. The lowest BCUT2D eigenvalue weighted by Crippen LogP contribution is -2.55. The molecule has 0 aromatic rings. The van der Waals surface area contributed by atoms with Crippen LogP contribution in [0.15, 0.2) is 48.6 Å². The summed E-state index contributed by atoms with van der Waals surface area (Å²) in [6.45, 7) is 8.86. The van der Waals surface area contributed by atoms with Crippen LogP contribution in [0, 0.1) is 0 Å². The van der Waals surface area contributed by atoms with Gasteiger partial charge in [0.2, 0.25) is 0 Å². The van der Waals surface area contributed by atoms with Gasteiger partial charge in [0.25, 0.3) is 0 Å². The van der Waals surface area contributed by atoms with Gasteiger partial charge in [-0.15, -0.1) is 25.6 Å². The highest BCUT2D eigenvalue weighted by Crippen LogP contribution is 2.40. The van der Waals surface area contributed by atoms with E-state index in [1.54, 1.807) is 0 Å². The van der Waals surface area contributed by atoms with Gasteiger partial charge in [0.05, 0.1) is 13.2 Å². The van der Waals surface area contributed by atoms with Crippen molar-refractivity contribution in [1.29, 1.82) is 0 Å². The van der Waals surface area contributed by atoms with Gasteiger partial charge in [-0.3, -0.25) is 9.69 Å². The second-order valence-corrected chi connectivity index (χ2v) is 6.30. The number of aliphatic hydroxyl groups is 1. The summed E-state index contributed by atoms with van der Waals surface area (Å²) in [5, 5.41) is 9.85. The average molecular weight is 354 g/mol. The number of carbonyl (C=O) groups is 1. The standard InChI is InChI=1S/C19H27NO3.ClH/c1-4-11-20(12-5-2)19(18(22)23-3)10-6-7-15-13-17(21)9-8-16(15)14-19;/h4-5,8-9,17,21H,1-2,6-7,10-14H2,3H3;1H. The zero-order valence-corrected chi connectivity index (χ0v) is 15.2. The summed E-state index contributed by atoms with van der Waals surface area (Å²) in [6, 6.07) is 0. The maximum absolute atomic E-state index is 12.7. The van der Waals surface area contributed by atoms with Crippen LogP contribution in [0.1, 0.15) is 32.1 Å². The number of ether oxygens (including phenoxy) is 1.